The molecule has 0 spiro atoms. The molecule has 0 amide bonds. The number of hydrogen-bond acceptors (Lipinski definition) is 3. The van der Waals surface area contributed by atoms with E-state index in [0.29, 0.717) is 5.82 Å². The van der Waals surface area contributed by atoms with Crippen molar-refractivity contribution in [1.82, 2.24) is 9.55 Å². The van der Waals surface area contributed by atoms with Crippen LogP contribution >= 0.6 is 0 Å². The maximum absolute atomic E-state index is 7.96. The Hall–Kier alpha value is -3.92. The first kappa shape index (κ1) is 24.7. The van der Waals surface area contributed by atoms with Gasteiger partial charge in [0.2, 0.25) is 0 Å². The fraction of sp³-hybridized carbons (Fsp3) is 0.194. The Bertz CT molecular complexity index is 2040. The molecule has 4 aromatic carbocycles. The zero-order valence-electron chi connectivity index (χ0n) is 26.9. The van der Waals surface area contributed by atoms with Crippen molar-refractivity contribution in [2.75, 3.05) is 10.1 Å². The number of hydrogen-bond donors (Lipinski definition) is 0. The number of fused-ring (bicyclic) bond motifs is 4. The van der Waals surface area contributed by atoms with Crippen LogP contribution in [0, 0.1) is 19.0 Å². The number of rotatable bonds is 5. The predicted molar refractivity (Wildman–Crippen MR) is 168 cm³/mol. The molecule has 0 radical (unpaired) electrons. The summed E-state index contributed by atoms with van der Waals surface area (Å²) in [6.07, 6.45) is 1.56. The first-order valence-electron chi connectivity index (χ1n) is 15.4. The Kier molecular flexibility index (Phi) is 6.30. The third-order valence-corrected chi connectivity index (χ3v) is 7.94. The molecule has 5 nitrogen and oxygen atoms in total. The van der Waals surface area contributed by atoms with Crippen molar-refractivity contribution in [3.05, 3.63) is 126 Å². The van der Waals surface area contributed by atoms with Crippen molar-refractivity contribution >= 4 is 38.9 Å². The van der Waals surface area contributed by atoms with Gasteiger partial charge in [-0.1, -0.05) is 49.7 Å². The Morgan fingerprint density at radius 2 is 1.60 bits per heavy atom. The Balaban J connectivity index is 0.00000357. The molecular formula is C36H33N4OPt-. The monoisotopic (exact) mass is 735 g/mol. The molecule has 1 aliphatic rings. The van der Waals surface area contributed by atoms with Crippen LogP contribution in [-0.2, 0) is 26.5 Å². The third-order valence-electron chi connectivity index (χ3n) is 7.94. The van der Waals surface area contributed by atoms with Crippen molar-refractivity contribution in [2.45, 2.75) is 46.0 Å². The van der Waals surface area contributed by atoms with E-state index in [2.05, 4.69) is 87.3 Å². The minimum Gasteiger partial charge on any atom is -0.319 e. The molecule has 214 valence electrons. The van der Waals surface area contributed by atoms with E-state index < -0.39 is 12.3 Å². The van der Waals surface area contributed by atoms with Gasteiger partial charge in [-0.3, -0.25) is 0 Å². The number of aromatic nitrogens is 2. The quantitative estimate of drug-likeness (QED) is 0.132. The van der Waals surface area contributed by atoms with Crippen LogP contribution in [0.4, 0.5) is 17.1 Å². The number of para-hydroxylation sites is 3. The summed E-state index contributed by atoms with van der Waals surface area (Å²) in [6, 6.07) is 37.6. The zero-order valence-corrected chi connectivity index (χ0v) is 26.1. The van der Waals surface area contributed by atoms with E-state index in [1.54, 1.807) is 18.3 Å². The standard InChI is InChI=1S/C36H32N4O.Pt/c1-24(2)39-32-15-8-9-16-33(32)40(41-39)28-12-10-11-26(22-28)36(4,5)27-17-18-30-29-13-6-7-14-31(29)38(34(30)23-27)35-21-25(3)19-20-37-35;/h6-21,24H,1-5H3;/q-2;/p+1/i3D3;. The summed E-state index contributed by atoms with van der Waals surface area (Å²) in [6.45, 7) is 6.38. The molecule has 6 heteroatoms. The number of nitrogens with zero attached hydrogens (tertiary/aromatic N) is 4. The van der Waals surface area contributed by atoms with Gasteiger partial charge in [-0.25, -0.2) is 4.98 Å². The van der Waals surface area contributed by atoms with Crippen molar-refractivity contribution in [3.8, 4) is 5.82 Å². The topological polar surface area (TPSA) is 37.1 Å². The molecule has 0 aliphatic carbocycles. The summed E-state index contributed by atoms with van der Waals surface area (Å²) >= 11 is 0. The smallest absolute Gasteiger partial charge is 0.145 e. The number of benzene rings is 4. The van der Waals surface area contributed by atoms with Crippen LogP contribution in [-0.4, -0.2) is 20.5 Å². The van der Waals surface area contributed by atoms with Crippen molar-refractivity contribution in [1.29, 1.82) is 0 Å². The summed E-state index contributed by atoms with van der Waals surface area (Å²) in [5.41, 5.74) is 6.54. The summed E-state index contributed by atoms with van der Waals surface area (Å²) in [5.74, 6) is 0.550. The molecule has 3 heterocycles. The molecule has 0 fully saturated rings. The number of hydroxylamine groups is 1. The average Bonchev–Trinajstić information content (AvgIpc) is 3.57. The SMILES string of the molecule is [2H]C([2H])([2H])c1ccnc(-n2c3[c-]c(C(C)(C)c4[c-]c(N5[OH+]N(C(C)C)c6ccccc65)ccc4)ccc3c3ccccc32)c1.[Pt]. The average molecular weight is 736 g/mol. The van der Waals surface area contributed by atoms with Crippen molar-refractivity contribution in [2.24, 2.45) is 0 Å². The van der Waals surface area contributed by atoms with Gasteiger partial charge in [-0.15, -0.1) is 27.6 Å². The van der Waals surface area contributed by atoms with Gasteiger partial charge in [-0.2, -0.15) is 46.4 Å². The first-order chi connectivity index (χ1) is 21.0. The van der Waals surface area contributed by atoms with Crippen LogP contribution in [0.1, 0.15) is 48.5 Å². The van der Waals surface area contributed by atoms with Gasteiger partial charge in [-0.05, 0) is 67.4 Å². The Labute approximate surface area is 265 Å². The summed E-state index contributed by atoms with van der Waals surface area (Å²) in [5, 5.41) is 6.09. The summed E-state index contributed by atoms with van der Waals surface area (Å²) in [4.78, 5) is 9.54. The summed E-state index contributed by atoms with van der Waals surface area (Å²) in [7, 11) is 0. The molecule has 0 saturated heterocycles. The van der Waals surface area contributed by atoms with Gasteiger partial charge in [0.25, 0.3) is 0 Å². The van der Waals surface area contributed by atoms with Crippen LogP contribution in [0.3, 0.4) is 0 Å². The van der Waals surface area contributed by atoms with Crippen molar-refractivity contribution in [3.63, 3.8) is 0 Å². The number of aryl methyl sites for hydroxylation is 1. The number of anilines is 3. The second kappa shape index (κ2) is 10.7. The molecule has 1 aliphatic heterocycles. The second-order valence-corrected chi connectivity index (χ2v) is 11.3. The van der Waals surface area contributed by atoms with Crippen LogP contribution in [0.15, 0.2) is 97.2 Å². The van der Waals surface area contributed by atoms with Gasteiger partial charge in [0.1, 0.15) is 17.2 Å². The van der Waals surface area contributed by atoms with Crippen LogP contribution < -0.4 is 10.1 Å². The van der Waals surface area contributed by atoms with E-state index in [0.717, 1.165) is 50.0 Å². The largest absolute Gasteiger partial charge is 0.319 e. The molecule has 6 aromatic rings. The molecule has 2 aromatic heterocycles. The maximum atomic E-state index is 7.96. The molecule has 0 unspecified atom stereocenters. The fourth-order valence-electron chi connectivity index (χ4n) is 5.72. The van der Waals surface area contributed by atoms with E-state index in [4.69, 9.17) is 9.05 Å². The third kappa shape index (κ3) is 4.52. The first-order valence-corrected chi connectivity index (χ1v) is 13.9. The Morgan fingerprint density at radius 1 is 0.833 bits per heavy atom. The van der Waals surface area contributed by atoms with Crippen LogP contribution in [0.25, 0.3) is 27.6 Å². The Morgan fingerprint density at radius 3 is 2.40 bits per heavy atom. The molecule has 0 bridgehead atoms. The molecule has 1 N–H and O–H groups in total. The van der Waals surface area contributed by atoms with Gasteiger partial charge in [0.15, 0.2) is 0 Å². The summed E-state index contributed by atoms with van der Waals surface area (Å²) < 4.78 is 25.9. The molecule has 0 atom stereocenters. The fourth-order valence-corrected chi connectivity index (χ4v) is 5.72. The van der Waals surface area contributed by atoms with Crippen LogP contribution in [0.2, 0.25) is 0 Å². The predicted octanol–water partition coefficient (Wildman–Crippen LogP) is 8.62. The van der Waals surface area contributed by atoms with E-state index in [-0.39, 0.29) is 32.7 Å². The van der Waals surface area contributed by atoms with Gasteiger partial charge >= 0.3 is 0 Å². The van der Waals surface area contributed by atoms with Gasteiger partial charge < -0.3 is 4.57 Å². The van der Waals surface area contributed by atoms with E-state index in [1.165, 1.54) is 0 Å². The molecule has 7 rings (SSSR count). The second-order valence-electron chi connectivity index (χ2n) is 11.3. The molecular weight excluding hydrogens is 700 g/mol. The van der Waals surface area contributed by atoms with E-state index >= 15 is 0 Å². The maximum Gasteiger partial charge on any atom is 0.145 e. The zero-order chi connectivity index (χ0) is 30.8. The minimum absolute atomic E-state index is 0. The minimum atomic E-state index is -2.23. The van der Waals surface area contributed by atoms with E-state index in [9.17, 15) is 0 Å². The van der Waals surface area contributed by atoms with E-state index in [1.807, 2.05) is 51.1 Å². The van der Waals surface area contributed by atoms with Crippen molar-refractivity contribution < 1.29 is 30.1 Å². The van der Waals surface area contributed by atoms with Crippen LogP contribution in [0.5, 0.6) is 0 Å². The normalized spacial score (nSPS) is 14.5. The molecule has 0 saturated carbocycles. The van der Waals surface area contributed by atoms with Gasteiger partial charge in [0.05, 0.1) is 6.04 Å². The number of pyridine rings is 1. The van der Waals surface area contributed by atoms with Gasteiger partial charge in [0, 0.05) is 42.6 Å². The molecule has 42 heavy (non-hydrogen) atoms.